The molecule has 0 saturated heterocycles. The van der Waals surface area contributed by atoms with Gasteiger partial charge < -0.3 is 15.4 Å². The summed E-state index contributed by atoms with van der Waals surface area (Å²) in [6, 6.07) is 4.10. The van der Waals surface area contributed by atoms with E-state index in [1.807, 2.05) is 4.90 Å². The zero-order chi connectivity index (χ0) is 15.6. The third-order valence-corrected chi connectivity index (χ3v) is 3.45. The number of amidine groups is 1. The molecule has 0 bridgehead atoms. The van der Waals surface area contributed by atoms with Crippen LogP contribution in [0.15, 0.2) is 18.2 Å². The van der Waals surface area contributed by atoms with Gasteiger partial charge in [-0.25, -0.2) is 0 Å². The van der Waals surface area contributed by atoms with Crippen LogP contribution >= 0.6 is 0 Å². The second kappa shape index (κ2) is 5.93. The van der Waals surface area contributed by atoms with Gasteiger partial charge in [0.05, 0.1) is 12.2 Å². The molecular weight excluding hydrogens is 283 g/mol. The largest absolute Gasteiger partial charge is 0.417 e. The van der Waals surface area contributed by atoms with Crippen LogP contribution in [0.5, 0.6) is 0 Å². The first-order chi connectivity index (χ1) is 9.84. The Morgan fingerprint density at radius 2 is 2.10 bits per heavy atom. The lowest BCUT2D eigenvalue weighted by molar-refractivity contribution is -0.137. The number of ether oxygens (including phenoxy) is 1. The normalized spacial score (nSPS) is 15.0. The number of nitrogen functional groups attached to an aromatic ring is 1. The summed E-state index contributed by atoms with van der Waals surface area (Å²) in [6.45, 7) is 1.09. The molecule has 116 valence electrons. The summed E-state index contributed by atoms with van der Waals surface area (Å²) in [5, 5.41) is 7.39. The number of hydrogen-bond acceptors (Lipinski definition) is 3. The van der Waals surface area contributed by atoms with Crippen molar-refractivity contribution in [1.29, 1.82) is 5.41 Å². The van der Waals surface area contributed by atoms with Crippen molar-refractivity contribution >= 4 is 11.5 Å². The van der Waals surface area contributed by atoms with Gasteiger partial charge in [0.25, 0.3) is 0 Å². The maximum Gasteiger partial charge on any atom is 0.417 e. The molecule has 0 heterocycles. The van der Waals surface area contributed by atoms with E-state index < -0.39 is 17.6 Å². The molecule has 2 rings (SSSR count). The molecule has 1 aromatic rings. The number of methoxy groups -OCH3 is 1. The Balaban J connectivity index is 2.36. The van der Waals surface area contributed by atoms with Crippen LogP contribution in [0.4, 0.5) is 18.9 Å². The van der Waals surface area contributed by atoms with Crippen LogP contribution in [-0.4, -0.2) is 32.1 Å². The monoisotopic (exact) mass is 301 g/mol. The maximum absolute atomic E-state index is 12.9. The van der Waals surface area contributed by atoms with E-state index in [1.54, 1.807) is 7.11 Å². The van der Waals surface area contributed by atoms with Crippen molar-refractivity contribution in [3.8, 4) is 0 Å². The number of anilines is 1. The van der Waals surface area contributed by atoms with Gasteiger partial charge >= 0.3 is 6.18 Å². The minimum Gasteiger partial charge on any atom is -0.384 e. The van der Waals surface area contributed by atoms with Gasteiger partial charge in [-0.1, -0.05) is 0 Å². The van der Waals surface area contributed by atoms with Crippen LogP contribution < -0.4 is 10.6 Å². The number of nitrogens with zero attached hydrogens (tertiary/aromatic N) is 1. The molecule has 0 aromatic heterocycles. The topological polar surface area (TPSA) is 62.3 Å². The van der Waals surface area contributed by atoms with Crippen molar-refractivity contribution in [3.63, 3.8) is 0 Å². The second-order valence-electron chi connectivity index (χ2n) is 5.06. The number of alkyl halides is 3. The Morgan fingerprint density at radius 1 is 1.43 bits per heavy atom. The minimum absolute atomic E-state index is 0.275. The van der Waals surface area contributed by atoms with E-state index in [-0.39, 0.29) is 5.56 Å². The smallest absolute Gasteiger partial charge is 0.384 e. The SMILES string of the molecule is COCCN(c1ccc(C(F)(F)F)c(C(=N)N)c1)C1CC1. The highest BCUT2D eigenvalue weighted by atomic mass is 19.4. The average molecular weight is 301 g/mol. The van der Waals surface area contributed by atoms with E-state index in [9.17, 15) is 13.2 Å². The van der Waals surface area contributed by atoms with Crippen molar-refractivity contribution in [2.75, 3.05) is 25.2 Å². The molecule has 0 spiro atoms. The quantitative estimate of drug-likeness (QED) is 0.627. The Morgan fingerprint density at radius 3 is 2.57 bits per heavy atom. The van der Waals surface area contributed by atoms with E-state index >= 15 is 0 Å². The number of nitrogens with two attached hydrogens (primary N) is 1. The molecule has 0 unspecified atom stereocenters. The number of benzene rings is 1. The molecule has 7 heteroatoms. The summed E-state index contributed by atoms with van der Waals surface area (Å²) in [4.78, 5) is 2.01. The van der Waals surface area contributed by atoms with Crippen LogP contribution in [0.25, 0.3) is 0 Å². The van der Waals surface area contributed by atoms with Gasteiger partial charge in [-0.15, -0.1) is 0 Å². The van der Waals surface area contributed by atoms with Gasteiger partial charge in [0.15, 0.2) is 0 Å². The minimum atomic E-state index is -4.52. The Bertz CT molecular complexity index is 527. The summed E-state index contributed by atoms with van der Waals surface area (Å²) in [5.41, 5.74) is 4.81. The van der Waals surface area contributed by atoms with Crippen LogP contribution in [0, 0.1) is 5.41 Å². The van der Waals surface area contributed by atoms with Crippen molar-refractivity contribution in [2.45, 2.75) is 25.1 Å². The fourth-order valence-corrected chi connectivity index (χ4v) is 2.28. The Kier molecular flexibility index (Phi) is 4.41. The molecule has 1 fully saturated rings. The van der Waals surface area contributed by atoms with Gasteiger partial charge in [0.1, 0.15) is 5.84 Å². The molecule has 0 atom stereocenters. The highest BCUT2D eigenvalue weighted by Gasteiger charge is 2.35. The zero-order valence-corrected chi connectivity index (χ0v) is 11.7. The molecule has 1 aliphatic rings. The predicted molar refractivity (Wildman–Crippen MR) is 74.7 cm³/mol. The van der Waals surface area contributed by atoms with Crippen molar-refractivity contribution in [1.82, 2.24) is 0 Å². The molecule has 0 radical (unpaired) electrons. The zero-order valence-electron chi connectivity index (χ0n) is 11.7. The van der Waals surface area contributed by atoms with Gasteiger partial charge in [-0.3, -0.25) is 5.41 Å². The number of rotatable bonds is 6. The molecule has 1 aliphatic carbocycles. The van der Waals surface area contributed by atoms with Gasteiger partial charge in [0, 0.05) is 30.9 Å². The van der Waals surface area contributed by atoms with Gasteiger partial charge in [0.2, 0.25) is 0 Å². The van der Waals surface area contributed by atoms with Gasteiger partial charge in [-0.05, 0) is 31.0 Å². The lowest BCUT2D eigenvalue weighted by Gasteiger charge is -2.25. The summed E-state index contributed by atoms with van der Waals surface area (Å²) in [6.07, 6.45) is -2.49. The highest BCUT2D eigenvalue weighted by molar-refractivity contribution is 5.97. The van der Waals surface area contributed by atoms with E-state index in [0.29, 0.717) is 24.9 Å². The average Bonchev–Trinajstić information content (AvgIpc) is 3.22. The van der Waals surface area contributed by atoms with Gasteiger partial charge in [-0.2, -0.15) is 13.2 Å². The first-order valence-corrected chi connectivity index (χ1v) is 6.66. The summed E-state index contributed by atoms with van der Waals surface area (Å²) >= 11 is 0. The van der Waals surface area contributed by atoms with Crippen LogP contribution in [0.3, 0.4) is 0 Å². The molecular formula is C14H18F3N3O. The number of hydrogen-bond donors (Lipinski definition) is 2. The van der Waals surface area contributed by atoms with Crippen LogP contribution in [-0.2, 0) is 10.9 Å². The lowest BCUT2D eigenvalue weighted by atomic mass is 10.0. The standard InChI is InChI=1S/C14H18F3N3O/c1-21-7-6-20(9-2-3-9)10-4-5-12(14(15,16)17)11(8-10)13(18)19/h4-5,8-9H,2-3,6-7H2,1H3,(H3,18,19). The van der Waals surface area contributed by atoms with E-state index in [4.69, 9.17) is 15.9 Å². The second-order valence-corrected chi connectivity index (χ2v) is 5.06. The van der Waals surface area contributed by atoms with E-state index in [2.05, 4.69) is 0 Å². The summed E-state index contributed by atoms with van der Waals surface area (Å²) in [5.74, 6) is -0.577. The van der Waals surface area contributed by atoms with Crippen molar-refractivity contribution < 1.29 is 17.9 Å². The molecule has 1 aromatic carbocycles. The first-order valence-electron chi connectivity index (χ1n) is 6.66. The fraction of sp³-hybridized carbons (Fsp3) is 0.500. The fourth-order valence-electron chi connectivity index (χ4n) is 2.28. The molecule has 21 heavy (non-hydrogen) atoms. The molecule has 0 amide bonds. The van der Waals surface area contributed by atoms with Crippen molar-refractivity contribution in [2.24, 2.45) is 5.73 Å². The Hall–Kier alpha value is -1.76. The van der Waals surface area contributed by atoms with Crippen LogP contribution in [0.2, 0.25) is 0 Å². The highest BCUT2D eigenvalue weighted by Crippen LogP contribution is 2.36. The van der Waals surface area contributed by atoms with Crippen LogP contribution in [0.1, 0.15) is 24.0 Å². The molecule has 3 N–H and O–H groups in total. The van der Waals surface area contributed by atoms with E-state index in [1.165, 1.54) is 12.1 Å². The number of nitrogens with one attached hydrogen (secondary N) is 1. The molecule has 0 aliphatic heterocycles. The van der Waals surface area contributed by atoms with E-state index in [0.717, 1.165) is 18.9 Å². The Labute approximate surface area is 121 Å². The maximum atomic E-state index is 12.9. The third kappa shape index (κ3) is 3.66. The number of halogens is 3. The van der Waals surface area contributed by atoms with Crippen molar-refractivity contribution in [3.05, 3.63) is 29.3 Å². The third-order valence-electron chi connectivity index (χ3n) is 3.45. The lowest BCUT2D eigenvalue weighted by Crippen LogP contribution is -2.30. The first kappa shape index (κ1) is 15.6. The summed E-state index contributed by atoms with van der Waals surface area (Å²) in [7, 11) is 1.58. The molecule has 1 saturated carbocycles. The predicted octanol–water partition coefficient (Wildman–Crippen LogP) is 2.60. The molecule has 4 nitrogen and oxygen atoms in total. The summed E-state index contributed by atoms with van der Waals surface area (Å²) < 4.78 is 43.8.